The molecule has 68 heavy (non-hydrogen) atoms. The van der Waals surface area contributed by atoms with E-state index < -0.39 is 0 Å². The highest BCUT2D eigenvalue weighted by Crippen LogP contribution is 2.43. The summed E-state index contributed by atoms with van der Waals surface area (Å²) in [5.74, 6) is 1.79. The van der Waals surface area contributed by atoms with Gasteiger partial charge in [-0.15, -0.1) is 0 Å². The molecular weight excluding hydrogens is 827 g/mol. The maximum atomic E-state index is 5.31. The maximum Gasteiger partial charge on any atom is 0.238 e. The maximum absolute atomic E-state index is 5.31. The second kappa shape index (κ2) is 16.4. The van der Waals surface area contributed by atoms with Gasteiger partial charge in [0.25, 0.3) is 0 Å². The van der Waals surface area contributed by atoms with Crippen molar-refractivity contribution in [3.63, 3.8) is 0 Å². The van der Waals surface area contributed by atoms with E-state index in [1.54, 1.807) is 0 Å². The second-order valence-electron chi connectivity index (χ2n) is 17.2. The van der Waals surface area contributed by atoms with Gasteiger partial charge in [-0.25, -0.2) is 4.98 Å². The zero-order chi connectivity index (χ0) is 45.0. The van der Waals surface area contributed by atoms with Crippen molar-refractivity contribution in [3.8, 4) is 78.9 Å². The van der Waals surface area contributed by atoms with Crippen molar-refractivity contribution in [2.45, 2.75) is 0 Å². The average molecular weight is 868 g/mol. The van der Waals surface area contributed by atoms with Gasteiger partial charge in [0, 0.05) is 38.2 Å². The van der Waals surface area contributed by atoms with E-state index in [4.69, 9.17) is 15.0 Å². The quantitative estimate of drug-likeness (QED) is 0.153. The summed E-state index contributed by atoms with van der Waals surface area (Å²) < 4.78 is 4.69. The summed E-state index contributed by atoms with van der Waals surface area (Å²) in [6.07, 6.45) is 0. The van der Waals surface area contributed by atoms with Crippen molar-refractivity contribution in [2.24, 2.45) is 0 Å². The lowest BCUT2D eigenvalue weighted by Crippen LogP contribution is -2.06. The van der Waals surface area contributed by atoms with Crippen LogP contribution in [0, 0.1) is 0 Å². The van der Waals surface area contributed by atoms with Gasteiger partial charge in [-0.1, -0.05) is 206 Å². The summed E-state index contributed by atoms with van der Waals surface area (Å²) >= 11 is 0. The molecular formula is C63H41N5. The van der Waals surface area contributed by atoms with Crippen molar-refractivity contribution in [1.29, 1.82) is 0 Å². The second-order valence-corrected chi connectivity index (χ2v) is 17.2. The summed E-state index contributed by atoms with van der Waals surface area (Å²) in [5.41, 5.74) is 16.6. The largest absolute Gasteiger partial charge is 0.309 e. The topological polar surface area (TPSA) is 48.5 Å². The van der Waals surface area contributed by atoms with Crippen molar-refractivity contribution < 1.29 is 0 Å². The first-order valence-corrected chi connectivity index (χ1v) is 23.0. The van der Waals surface area contributed by atoms with Gasteiger partial charge >= 0.3 is 0 Å². The molecule has 13 aromatic rings. The minimum atomic E-state index is 0.562. The van der Waals surface area contributed by atoms with Gasteiger partial charge in [0.15, 0.2) is 11.6 Å². The van der Waals surface area contributed by atoms with Gasteiger partial charge in [0.05, 0.1) is 27.8 Å². The van der Waals surface area contributed by atoms with E-state index in [-0.39, 0.29) is 0 Å². The number of hydrogen-bond donors (Lipinski definition) is 0. The Kier molecular flexibility index (Phi) is 9.43. The van der Waals surface area contributed by atoms with Gasteiger partial charge in [-0.05, 0) is 81.4 Å². The molecule has 5 nitrogen and oxygen atoms in total. The fraction of sp³-hybridized carbons (Fsp3) is 0. The van der Waals surface area contributed by atoms with Crippen LogP contribution in [-0.4, -0.2) is 24.1 Å². The van der Waals surface area contributed by atoms with Crippen molar-refractivity contribution >= 4 is 43.6 Å². The Labute approximate surface area is 393 Å². The third-order valence-electron chi connectivity index (χ3n) is 13.2. The molecule has 0 aliphatic heterocycles. The van der Waals surface area contributed by atoms with Crippen molar-refractivity contribution in [3.05, 3.63) is 249 Å². The van der Waals surface area contributed by atoms with Gasteiger partial charge in [-0.2, -0.15) is 9.97 Å². The number of benzene rings is 10. The highest BCUT2D eigenvalue weighted by molar-refractivity contribution is 6.19. The number of para-hydroxylation sites is 2. The number of fused-ring (bicyclic) bond motifs is 6. The van der Waals surface area contributed by atoms with Crippen LogP contribution < -0.4 is 0 Å². The lowest BCUT2D eigenvalue weighted by molar-refractivity contribution is 0.954. The third kappa shape index (κ3) is 6.76. The molecule has 318 valence electrons. The molecule has 0 amide bonds. The van der Waals surface area contributed by atoms with Gasteiger partial charge in [-0.3, -0.25) is 4.57 Å². The van der Waals surface area contributed by atoms with Crippen LogP contribution >= 0.6 is 0 Å². The zero-order valence-corrected chi connectivity index (χ0v) is 36.9. The van der Waals surface area contributed by atoms with E-state index in [1.165, 1.54) is 22.3 Å². The number of nitrogens with zero attached hydrogens (tertiary/aromatic N) is 5. The number of aromatic nitrogens is 5. The third-order valence-corrected chi connectivity index (χ3v) is 13.2. The zero-order valence-electron chi connectivity index (χ0n) is 36.9. The van der Waals surface area contributed by atoms with Crippen LogP contribution in [-0.2, 0) is 0 Å². The Morgan fingerprint density at radius 2 is 0.632 bits per heavy atom. The Hall–Kier alpha value is -9.19. The molecule has 3 aromatic heterocycles. The SMILES string of the molecule is c1ccc(-c2ccc(-c3nc(-c4ccccc4)nc(-n4c5ccccc5c5cc6c(cc54)c4ccccc4n6-c4ccc(-c5ccccc5)cc4-c4cccc(-c5ccccc5)c4)n3)cc2)cc1. The fourth-order valence-corrected chi connectivity index (χ4v) is 9.93. The number of rotatable bonds is 8. The first kappa shape index (κ1) is 39.2. The highest BCUT2D eigenvalue weighted by Gasteiger charge is 2.23. The van der Waals surface area contributed by atoms with Crippen LogP contribution in [0.4, 0.5) is 0 Å². The normalized spacial score (nSPS) is 11.5. The summed E-state index contributed by atoms with van der Waals surface area (Å²) in [4.78, 5) is 15.7. The summed E-state index contributed by atoms with van der Waals surface area (Å²) in [6.45, 7) is 0. The lowest BCUT2D eigenvalue weighted by atomic mass is 9.94. The molecule has 0 aliphatic carbocycles. The van der Waals surface area contributed by atoms with Crippen LogP contribution in [0.1, 0.15) is 0 Å². The standard InChI is InChI=1S/C63H41N5/c1-5-18-42(19-6-1)45-32-34-47(35-33-45)62-64-61(46-24-11-4-12-25-46)65-63(66-62)68-57-31-16-14-29-52(57)55-40-59-54(41-60(55)68)51-28-13-15-30-56(51)67(59)58-37-36-49(44-22-9-3-10-23-44)39-53(58)50-27-17-26-48(38-50)43-20-7-2-8-21-43/h1-41H. The molecule has 0 fully saturated rings. The molecule has 3 heterocycles. The minimum absolute atomic E-state index is 0.562. The van der Waals surface area contributed by atoms with Crippen LogP contribution in [0.25, 0.3) is 123 Å². The number of hydrogen-bond acceptors (Lipinski definition) is 3. The van der Waals surface area contributed by atoms with Crippen LogP contribution in [0.15, 0.2) is 249 Å². The van der Waals surface area contributed by atoms with E-state index in [2.05, 4.69) is 234 Å². The first-order chi connectivity index (χ1) is 33.7. The minimum Gasteiger partial charge on any atom is -0.309 e. The first-order valence-electron chi connectivity index (χ1n) is 23.0. The molecule has 0 saturated carbocycles. The summed E-state index contributed by atoms with van der Waals surface area (Å²) in [7, 11) is 0. The predicted molar refractivity (Wildman–Crippen MR) is 281 cm³/mol. The van der Waals surface area contributed by atoms with Crippen LogP contribution in [0.5, 0.6) is 0 Å². The van der Waals surface area contributed by atoms with E-state index in [0.717, 1.165) is 82.7 Å². The molecule has 13 rings (SSSR count). The Balaban J connectivity index is 1.05. The molecule has 5 heteroatoms. The molecule has 0 radical (unpaired) electrons. The Morgan fingerprint density at radius 3 is 1.22 bits per heavy atom. The predicted octanol–water partition coefficient (Wildman–Crippen LogP) is 16.1. The molecule has 0 atom stereocenters. The van der Waals surface area contributed by atoms with E-state index in [0.29, 0.717) is 17.6 Å². The molecule has 0 aliphatic rings. The average Bonchev–Trinajstić information content (AvgIpc) is 3.92. The van der Waals surface area contributed by atoms with E-state index in [9.17, 15) is 0 Å². The van der Waals surface area contributed by atoms with Gasteiger partial charge < -0.3 is 4.57 Å². The van der Waals surface area contributed by atoms with Crippen molar-refractivity contribution in [2.75, 3.05) is 0 Å². The molecule has 10 aromatic carbocycles. The van der Waals surface area contributed by atoms with Crippen molar-refractivity contribution in [1.82, 2.24) is 24.1 Å². The molecule has 0 N–H and O–H groups in total. The highest BCUT2D eigenvalue weighted by atomic mass is 15.2. The lowest BCUT2D eigenvalue weighted by Gasteiger charge is -2.17. The fourth-order valence-electron chi connectivity index (χ4n) is 9.93. The van der Waals surface area contributed by atoms with E-state index in [1.807, 2.05) is 24.3 Å². The monoisotopic (exact) mass is 867 g/mol. The molecule has 0 bridgehead atoms. The van der Waals surface area contributed by atoms with Gasteiger partial charge in [0.1, 0.15) is 0 Å². The van der Waals surface area contributed by atoms with Crippen LogP contribution in [0.3, 0.4) is 0 Å². The Morgan fingerprint density at radius 1 is 0.235 bits per heavy atom. The smallest absolute Gasteiger partial charge is 0.238 e. The molecule has 0 spiro atoms. The Bertz CT molecular complexity index is 3990. The molecule has 0 saturated heterocycles. The summed E-state index contributed by atoms with van der Waals surface area (Å²) in [5, 5.41) is 4.53. The van der Waals surface area contributed by atoms with E-state index >= 15 is 0 Å². The van der Waals surface area contributed by atoms with Crippen LogP contribution in [0.2, 0.25) is 0 Å². The van der Waals surface area contributed by atoms with Gasteiger partial charge in [0.2, 0.25) is 5.95 Å². The molecule has 0 unspecified atom stereocenters. The summed E-state index contributed by atoms with van der Waals surface area (Å²) in [6, 6.07) is 88.4.